The minimum absolute atomic E-state index is 0.742. The molecule has 0 unspecified atom stereocenters. The van der Waals surface area contributed by atoms with Crippen LogP contribution in [0.1, 0.15) is 29.5 Å². The molecule has 0 aliphatic carbocycles. The van der Waals surface area contributed by atoms with Crippen LogP contribution in [0.4, 0.5) is 5.69 Å². The molecule has 3 heteroatoms. The highest BCUT2D eigenvalue weighted by Gasteiger charge is 2.22. The summed E-state index contributed by atoms with van der Waals surface area (Å²) in [6, 6.07) is 23.4. The molecule has 0 spiro atoms. The first-order chi connectivity index (χ1) is 12.8. The molecule has 0 bridgehead atoms. The SMILES string of the molecule is Cc1ccc(CN2CCCCN2c2ccc(C#N)c3ccccc23)cc1. The molecular weight excluding hydrogens is 318 g/mol. The van der Waals surface area contributed by atoms with Crippen molar-refractivity contribution in [3.05, 3.63) is 77.4 Å². The molecule has 4 rings (SSSR count). The second-order valence-electron chi connectivity index (χ2n) is 6.99. The number of nitrogens with zero attached hydrogens (tertiary/aromatic N) is 3. The normalized spacial score (nSPS) is 15.2. The van der Waals surface area contributed by atoms with Gasteiger partial charge in [-0.3, -0.25) is 0 Å². The zero-order valence-electron chi connectivity index (χ0n) is 15.2. The van der Waals surface area contributed by atoms with Gasteiger partial charge in [0.15, 0.2) is 0 Å². The number of benzene rings is 3. The number of rotatable bonds is 3. The first kappa shape index (κ1) is 16.6. The van der Waals surface area contributed by atoms with Gasteiger partial charge in [-0.25, -0.2) is 5.01 Å². The van der Waals surface area contributed by atoms with Crippen LogP contribution in [0.5, 0.6) is 0 Å². The van der Waals surface area contributed by atoms with Gasteiger partial charge in [-0.05, 0) is 37.5 Å². The number of hydrazine groups is 1. The fourth-order valence-corrected chi connectivity index (χ4v) is 3.77. The summed E-state index contributed by atoms with van der Waals surface area (Å²) in [7, 11) is 0. The van der Waals surface area contributed by atoms with Crippen molar-refractivity contribution >= 4 is 16.5 Å². The molecule has 3 nitrogen and oxygen atoms in total. The molecule has 26 heavy (non-hydrogen) atoms. The van der Waals surface area contributed by atoms with E-state index in [2.05, 4.69) is 65.5 Å². The van der Waals surface area contributed by atoms with Crippen molar-refractivity contribution in [2.45, 2.75) is 26.3 Å². The predicted molar refractivity (Wildman–Crippen MR) is 107 cm³/mol. The van der Waals surface area contributed by atoms with Crippen LogP contribution in [-0.2, 0) is 6.54 Å². The van der Waals surface area contributed by atoms with Gasteiger partial charge in [0.2, 0.25) is 0 Å². The third kappa shape index (κ3) is 3.16. The maximum absolute atomic E-state index is 9.43. The van der Waals surface area contributed by atoms with Crippen molar-refractivity contribution in [2.24, 2.45) is 0 Å². The Kier molecular flexibility index (Phi) is 4.60. The summed E-state index contributed by atoms with van der Waals surface area (Å²) in [6.07, 6.45) is 2.41. The molecule has 3 aromatic carbocycles. The zero-order valence-corrected chi connectivity index (χ0v) is 15.2. The van der Waals surface area contributed by atoms with Crippen LogP contribution in [0.3, 0.4) is 0 Å². The molecule has 0 atom stereocenters. The Morgan fingerprint density at radius 2 is 1.62 bits per heavy atom. The van der Waals surface area contributed by atoms with Gasteiger partial charge >= 0.3 is 0 Å². The van der Waals surface area contributed by atoms with Crippen LogP contribution in [0.2, 0.25) is 0 Å². The maximum atomic E-state index is 9.43. The van der Waals surface area contributed by atoms with Gasteiger partial charge in [-0.15, -0.1) is 0 Å². The molecule has 1 saturated heterocycles. The zero-order chi connectivity index (χ0) is 17.9. The van der Waals surface area contributed by atoms with E-state index in [9.17, 15) is 5.26 Å². The van der Waals surface area contributed by atoms with Crippen molar-refractivity contribution in [2.75, 3.05) is 18.1 Å². The van der Waals surface area contributed by atoms with Gasteiger partial charge in [0, 0.05) is 30.4 Å². The topological polar surface area (TPSA) is 30.3 Å². The van der Waals surface area contributed by atoms with Crippen molar-refractivity contribution in [1.82, 2.24) is 5.01 Å². The van der Waals surface area contributed by atoms with Crippen LogP contribution in [0.25, 0.3) is 10.8 Å². The maximum Gasteiger partial charge on any atom is 0.0998 e. The summed E-state index contributed by atoms with van der Waals surface area (Å²) in [5, 5.41) is 16.5. The van der Waals surface area contributed by atoms with Gasteiger partial charge < -0.3 is 5.01 Å². The minimum atomic E-state index is 0.742. The average molecular weight is 341 g/mol. The second-order valence-corrected chi connectivity index (χ2v) is 6.99. The number of fused-ring (bicyclic) bond motifs is 1. The van der Waals surface area contributed by atoms with Gasteiger partial charge in [-0.1, -0.05) is 54.1 Å². The molecule has 130 valence electrons. The highest BCUT2D eigenvalue weighted by atomic mass is 15.6. The number of anilines is 1. The molecule has 1 fully saturated rings. The summed E-state index contributed by atoms with van der Waals surface area (Å²) in [5.41, 5.74) is 4.57. The molecule has 0 saturated carbocycles. The Hall–Kier alpha value is -2.83. The lowest BCUT2D eigenvalue weighted by Crippen LogP contribution is -2.47. The molecule has 0 aromatic heterocycles. The van der Waals surface area contributed by atoms with E-state index in [1.54, 1.807) is 0 Å². The fraction of sp³-hybridized carbons (Fsp3) is 0.261. The lowest BCUT2D eigenvalue weighted by Gasteiger charge is -2.41. The van der Waals surface area contributed by atoms with Crippen LogP contribution < -0.4 is 5.01 Å². The van der Waals surface area contributed by atoms with Gasteiger partial charge in [0.05, 0.1) is 17.3 Å². The minimum Gasteiger partial charge on any atom is -0.305 e. The highest BCUT2D eigenvalue weighted by Crippen LogP contribution is 2.32. The smallest absolute Gasteiger partial charge is 0.0998 e. The largest absolute Gasteiger partial charge is 0.305 e. The van der Waals surface area contributed by atoms with E-state index in [0.717, 1.165) is 36.0 Å². The molecule has 3 aromatic rings. The summed E-state index contributed by atoms with van der Waals surface area (Å²) in [5.74, 6) is 0. The molecule has 0 N–H and O–H groups in total. The van der Waals surface area contributed by atoms with Crippen molar-refractivity contribution in [3.8, 4) is 6.07 Å². The van der Waals surface area contributed by atoms with Crippen molar-refractivity contribution < 1.29 is 0 Å². The molecule has 0 amide bonds. The quantitative estimate of drug-likeness (QED) is 0.669. The second kappa shape index (κ2) is 7.19. The Bertz CT molecular complexity index is 953. The van der Waals surface area contributed by atoms with Gasteiger partial charge in [0.25, 0.3) is 0 Å². The first-order valence-electron chi connectivity index (χ1n) is 9.26. The standard InChI is InChI=1S/C23H23N3/c1-18-8-10-19(11-9-18)17-25-14-4-5-15-26(25)23-13-12-20(16-24)21-6-2-3-7-22(21)23/h2-3,6-13H,4-5,14-15,17H2,1H3. The summed E-state index contributed by atoms with van der Waals surface area (Å²) in [4.78, 5) is 0. The summed E-state index contributed by atoms with van der Waals surface area (Å²) < 4.78 is 0. The Morgan fingerprint density at radius 1 is 0.885 bits per heavy atom. The Morgan fingerprint density at radius 3 is 2.38 bits per heavy atom. The Balaban J connectivity index is 1.72. The lowest BCUT2D eigenvalue weighted by molar-refractivity contribution is 0.205. The van der Waals surface area contributed by atoms with Crippen LogP contribution in [0.15, 0.2) is 60.7 Å². The Labute approximate surface area is 155 Å². The number of nitriles is 1. The van der Waals surface area contributed by atoms with E-state index >= 15 is 0 Å². The van der Waals surface area contributed by atoms with E-state index in [4.69, 9.17) is 0 Å². The van der Waals surface area contributed by atoms with Crippen LogP contribution in [-0.4, -0.2) is 18.1 Å². The predicted octanol–water partition coefficient (Wildman–Crippen LogP) is 5.04. The molecule has 1 aliphatic heterocycles. The van der Waals surface area contributed by atoms with E-state index < -0.39 is 0 Å². The van der Waals surface area contributed by atoms with E-state index in [1.165, 1.54) is 29.7 Å². The molecule has 1 heterocycles. The third-order valence-corrected chi connectivity index (χ3v) is 5.16. The van der Waals surface area contributed by atoms with E-state index in [-0.39, 0.29) is 0 Å². The number of aryl methyl sites for hydroxylation is 1. The van der Waals surface area contributed by atoms with Crippen molar-refractivity contribution in [3.63, 3.8) is 0 Å². The molecule has 0 radical (unpaired) electrons. The van der Waals surface area contributed by atoms with Crippen LogP contribution in [0, 0.1) is 18.3 Å². The lowest BCUT2D eigenvalue weighted by atomic mass is 10.0. The van der Waals surface area contributed by atoms with Crippen LogP contribution >= 0.6 is 0 Å². The van der Waals surface area contributed by atoms with Gasteiger partial charge in [-0.2, -0.15) is 5.26 Å². The summed E-state index contributed by atoms with van der Waals surface area (Å²) >= 11 is 0. The third-order valence-electron chi connectivity index (χ3n) is 5.16. The fourth-order valence-electron chi connectivity index (χ4n) is 3.77. The molecular formula is C23H23N3. The highest BCUT2D eigenvalue weighted by molar-refractivity contribution is 5.97. The first-order valence-corrected chi connectivity index (χ1v) is 9.26. The summed E-state index contributed by atoms with van der Waals surface area (Å²) in [6.45, 7) is 5.11. The van der Waals surface area contributed by atoms with E-state index in [0.29, 0.717) is 0 Å². The monoisotopic (exact) mass is 341 g/mol. The molecule has 1 aliphatic rings. The number of hydrogen-bond donors (Lipinski definition) is 0. The number of hydrogen-bond acceptors (Lipinski definition) is 3. The van der Waals surface area contributed by atoms with E-state index in [1.807, 2.05) is 18.2 Å². The average Bonchev–Trinajstić information content (AvgIpc) is 2.69. The van der Waals surface area contributed by atoms with Crippen molar-refractivity contribution in [1.29, 1.82) is 5.26 Å². The van der Waals surface area contributed by atoms with Gasteiger partial charge in [0.1, 0.15) is 0 Å².